The maximum atomic E-state index is 12.3. The van der Waals surface area contributed by atoms with Gasteiger partial charge in [0.2, 0.25) is 10.0 Å². The summed E-state index contributed by atoms with van der Waals surface area (Å²) in [4.78, 5) is 0.222. The molecular weight excluding hydrogens is 290 g/mol. The van der Waals surface area contributed by atoms with Crippen molar-refractivity contribution in [2.45, 2.75) is 44.8 Å². The van der Waals surface area contributed by atoms with Crippen LogP contribution in [0.3, 0.4) is 0 Å². The number of hydrogen-bond donors (Lipinski definition) is 2. The second kappa shape index (κ2) is 6.05. The molecule has 116 valence electrons. The minimum Gasteiger partial charge on any atom is -0.465 e. The van der Waals surface area contributed by atoms with Crippen molar-refractivity contribution in [1.29, 1.82) is 0 Å². The molecule has 0 bridgehead atoms. The van der Waals surface area contributed by atoms with Crippen LogP contribution in [0.5, 0.6) is 0 Å². The van der Waals surface area contributed by atoms with Crippen LogP contribution in [0, 0.1) is 6.92 Å². The first-order valence-corrected chi connectivity index (χ1v) is 8.27. The number of furan rings is 1. The van der Waals surface area contributed by atoms with E-state index in [2.05, 4.69) is 4.72 Å². The van der Waals surface area contributed by atoms with E-state index >= 15 is 0 Å². The summed E-state index contributed by atoms with van der Waals surface area (Å²) in [7, 11) is -3.58. The van der Waals surface area contributed by atoms with Gasteiger partial charge in [0.05, 0.1) is 11.4 Å². The van der Waals surface area contributed by atoms with Crippen LogP contribution in [-0.2, 0) is 23.1 Å². The third kappa shape index (κ3) is 3.55. The number of rotatable bonds is 6. The topological polar surface area (TPSA) is 90.3 Å². The summed E-state index contributed by atoms with van der Waals surface area (Å²) < 4.78 is 34.4. The number of sulfonamides is 1. The highest BCUT2D eigenvalue weighted by Crippen LogP contribution is 2.19. The Balaban J connectivity index is 2.19. The SMILES string of the molecule is Cc1ccc(CNS(=O)(=O)c2cc(CN)n(C(C)C)c2)o1. The summed E-state index contributed by atoms with van der Waals surface area (Å²) in [5.74, 6) is 1.33. The highest BCUT2D eigenvalue weighted by molar-refractivity contribution is 7.89. The maximum absolute atomic E-state index is 12.3. The fourth-order valence-electron chi connectivity index (χ4n) is 2.12. The fourth-order valence-corrected chi connectivity index (χ4v) is 3.16. The van der Waals surface area contributed by atoms with Gasteiger partial charge in [0, 0.05) is 24.5 Å². The molecule has 6 nitrogen and oxygen atoms in total. The molecule has 0 aliphatic rings. The smallest absolute Gasteiger partial charge is 0.242 e. The zero-order valence-corrected chi connectivity index (χ0v) is 13.3. The predicted octanol–water partition coefficient (Wildman–Crippen LogP) is 1.91. The number of nitrogens with zero attached hydrogens (tertiary/aromatic N) is 1. The normalized spacial score (nSPS) is 12.2. The first-order chi connectivity index (χ1) is 9.83. The van der Waals surface area contributed by atoms with Crippen molar-refractivity contribution in [3.8, 4) is 0 Å². The molecule has 0 saturated carbocycles. The van der Waals surface area contributed by atoms with Gasteiger partial charge in [0.25, 0.3) is 0 Å². The lowest BCUT2D eigenvalue weighted by atomic mass is 10.3. The van der Waals surface area contributed by atoms with Crippen LogP contribution >= 0.6 is 0 Å². The lowest BCUT2D eigenvalue weighted by Gasteiger charge is -2.10. The number of aromatic nitrogens is 1. The van der Waals surface area contributed by atoms with E-state index in [0.29, 0.717) is 12.3 Å². The van der Waals surface area contributed by atoms with E-state index in [1.807, 2.05) is 25.3 Å². The average molecular weight is 311 g/mol. The minimum atomic E-state index is -3.58. The van der Waals surface area contributed by atoms with E-state index in [1.165, 1.54) is 0 Å². The van der Waals surface area contributed by atoms with Gasteiger partial charge in [-0.25, -0.2) is 13.1 Å². The molecule has 2 heterocycles. The zero-order chi connectivity index (χ0) is 15.6. The van der Waals surface area contributed by atoms with Gasteiger partial charge < -0.3 is 14.7 Å². The van der Waals surface area contributed by atoms with E-state index in [1.54, 1.807) is 24.4 Å². The molecule has 2 aromatic heterocycles. The Bertz CT molecular complexity index is 714. The van der Waals surface area contributed by atoms with Crippen molar-refractivity contribution in [2.24, 2.45) is 5.73 Å². The summed E-state index contributed by atoms with van der Waals surface area (Å²) in [5.41, 5.74) is 6.45. The minimum absolute atomic E-state index is 0.126. The van der Waals surface area contributed by atoms with Crippen LogP contribution in [0.2, 0.25) is 0 Å². The lowest BCUT2D eigenvalue weighted by Crippen LogP contribution is -2.22. The molecule has 0 amide bonds. The van der Waals surface area contributed by atoms with E-state index < -0.39 is 10.0 Å². The van der Waals surface area contributed by atoms with Crippen LogP contribution in [-0.4, -0.2) is 13.0 Å². The van der Waals surface area contributed by atoms with Gasteiger partial charge in [-0.15, -0.1) is 0 Å². The molecule has 0 saturated heterocycles. The van der Waals surface area contributed by atoms with Gasteiger partial charge in [-0.2, -0.15) is 0 Å². The Kier molecular flexibility index (Phi) is 4.55. The van der Waals surface area contributed by atoms with Gasteiger partial charge in [-0.3, -0.25) is 0 Å². The maximum Gasteiger partial charge on any atom is 0.242 e. The Morgan fingerprint density at radius 2 is 2.10 bits per heavy atom. The molecule has 0 fully saturated rings. The summed E-state index contributed by atoms with van der Waals surface area (Å²) in [6, 6.07) is 5.31. The molecule has 3 N–H and O–H groups in total. The number of nitrogens with one attached hydrogen (secondary N) is 1. The molecule has 2 aromatic rings. The monoisotopic (exact) mass is 311 g/mol. The van der Waals surface area contributed by atoms with Crippen molar-refractivity contribution in [2.75, 3.05) is 0 Å². The van der Waals surface area contributed by atoms with Gasteiger partial charge >= 0.3 is 0 Å². The van der Waals surface area contributed by atoms with Crippen molar-refractivity contribution < 1.29 is 12.8 Å². The molecule has 0 spiro atoms. The van der Waals surface area contributed by atoms with E-state index in [-0.39, 0.29) is 17.5 Å². The fraction of sp³-hybridized carbons (Fsp3) is 0.429. The first-order valence-electron chi connectivity index (χ1n) is 6.79. The number of aryl methyl sites for hydroxylation is 1. The molecule has 0 radical (unpaired) electrons. The Labute approximate surface area is 125 Å². The molecule has 0 aliphatic heterocycles. The summed E-state index contributed by atoms with van der Waals surface area (Å²) in [6.45, 7) is 6.20. The molecule has 21 heavy (non-hydrogen) atoms. The summed E-state index contributed by atoms with van der Waals surface area (Å²) in [5, 5.41) is 0. The standard InChI is InChI=1S/C14H21N3O3S/c1-10(2)17-9-14(6-12(17)7-15)21(18,19)16-8-13-5-4-11(3)20-13/h4-6,9-10,16H,7-8,15H2,1-3H3. The van der Waals surface area contributed by atoms with Crippen molar-refractivity contribution in [3.63, 3.8) is 0 Å². The molecular formula is C14H21N3O3S. The first kappa shape index (κ1) is 15.8. The van der Waals surface area contributed by atoms with Gasteiger partial charge in [0.1, 0.15) is 11.5 Å². The Morgan fingerprint density at radius 3 is 2.57 bits per heavy atom. The second-order valence-electron chi connectivity index (χ2n) is 5.21. The number of hydrogen-bond acceptors (Lipinski definition) is 4. The summed E-state index contributed by atoms with van der Waals surface area (Å²) in [6.07, 6.45) is 1.61. The molecule has 0 atom stereocenters. The van der Waals surface area contributed by atoms with E-state index in [9.17, 15) is 8.42 Å². The quantitative estimate of drug-likeness (QED) is 0.852. The molecule has 0 unspecified atom stereocenters. The molecule has 0 aliphatic carbocycles. The van der Waals surface area contributed by atoms with Gasteiger partial charge in [-0.1, -0.05) is 0 Å². The zero-order valence-electron chi connectivity index (χ0n) is 12.5. The van der Waals surface area contributed by atoms with Crippen molar-refractivity contribution >= 4 is 10.0 Å². The summed E-state index contributed by atoms with van der Waals surface area (Å²) >= 11 is 0. The van der Waals surface area contributed by atoms with Crippen molar-refractivity contribution in [3.05, 3.63) is 41.6 Å². The van der Waals surface area contributed by atoms with Crippen LogP contribution in [0.25, 0.3) is 0 Å². The third-order valence-electron chi connectivity index (χ3n) is 3.22. The second-order valence-corrected chi connectivity index (χ2v) is 6.98. The van der Waals surface area contributed by atoms with Gasteiger partial charge in [-0.05, 0) is 39.0 Å². The van der Waals surface area contributed by atoms with E-state index in [4.69, 9.17) is 10.2 Å². The lowest BCUT2D eigenvalue weighted by molar-refractivity contribution is 0.475. The van der Waals surface area contributed by atoms with Gasteiger partial charge in [0.15, 0.2) is 0 Å². The Hall–Kier alpha value is -1.57. The van der Waals surface area contributed by atoms with Crippen LogP contribution < -0.4 is 10.5 Å². The largest absolute Gasteiger partial charge is 0.465 e. The van der Waals surface area contributed by atoms with Crippen molar-refractivity contribution in [1.82, 2.24) is 9.29 Å². The molecule has 2 rings (SSSR count). The highest BCUT2D eigenvalue weighted by Gasteiger charge is 2.19. The number of nitrogens with two attached hydrogens (primary N) is 1. The predicted molar refractivity (Wildman–Crippen MR) is 80.2 cm³/mol. The third-order valence-corrected chi connectivity index (χ3v) is 4.58. The van der Waals surface area contributed by atoms with Crippen LogP contribution in [0.15, 0.2) is 33.7 Å². The molecule has 7 heteroatoms. The average Bonchev–Trinajstić information content (AvgIpc) is 3.02. The molecule has 0 aromatic carbocycles. The van der Waals surface area contributed by atoms with E-state index in [0.717, 1.165) is 11.5 Å². The Morgan fingerprint density at radius 1 is 1.38 bits per heavy atom. The van der Waals surface area contributed by atoms with Crippen LogP contribution in [0.4, 0.5) is 0 Å². The van der Waals surface area contributed by atoms with Crippen LogP contribution in [0.1, 0.15) is 37.1 Å². The highest BCUT2D eigenvalue weighted by atomic mass is 32.2.